The van der Waals surface area contributed by atoms with E-state index < -0.39 is 15.4 Å². The van der Waals surface area contributed by atoms with E-state index in [0.29, 0.717) is 36.4 Å². The van der Waals surface area contributed by atoms with Crippen LogP contribution in [0, 0.1) is 5.92 Å². The number of hydrogen-bond donors (Lipinski definition) is 1. The number of aryl methyl sites for hydroxylation is 2. The molecular formula is C23H28N6O4S. The van der Waals surface area contributed by atoms with Crippen LogP contribution >= 0.6 is 0 Å². The predicted molar refractivity (Wildman–Crippen MR) is 129 cm³/mol. The predicted octanol–water partition coefficient (Wildman–Crippen LogP) is 2.57. The van der Waals surface area contributed by atoms with E-state index in [4.69, 9.17) is 9.72 Å². The minimum Gasteiger partial charge on any atom is -0.493 e. The first-order valence-electron chi connectivity index (χ1n) is 11.0. The summed E-state index contributed by atoms with van der Waals surface area (Å²) in [6.45, 7) is 6.82. The van der Waals surface area contributed by atoms with E-state index in [0.717, 1.165) is 17.8 Å². The molecule has 0 atom stereocenters. The molecule has 3 aromatic heterocycles. The lowest BCUT2D eigenvalue weighted by molar-refractivity contribution is 0.272. The average molecular weight is 485 g/mol. The third-order valence-electron chi connectivity index (χ3n) is 5.45. The van der Waals surface area contributed by atoms with Crippen molar-refractivity contribution in [3.05, 3.63) is 52.5 Å². The standard InChI is InChI=1S/C23H28N6O4S/c1-6-17-20-21(27-29(17)12-19-24-9-10-28(19)4)23(30)26-22(25-20)16-11-15(34(5,31)32)7-8-18(16)33-13-14(2)3/h7-11,14H,6,12-13H2,1-5H3,(H,25,26,30). The molecule has 0 aliphatic rings. The summed E-state index contributed by atoms with van der Waals surface area (Å²) in [5.41, 5.74) is 1.47. The van der Waals surface area contributed by atoms with Crippen molar-refractivity contribution in [1.29, 1.82) is 0 Å². The van der Waals surface area contributed by atoms with Gasteiger partial charge in [-0.3, -0.25) is 9.48 Å². The van der Waals surface area contributed by atoms with E-state index in [9.17, 15) is 13.2 Å². The summed E-state index contributed by atoms with van der Waals surface area (Å²) in [7, 11) is -1.58. The Morgan fingerprint density at radius 2 is 1.97 bits per heavy atom. The van der Waals surface area contributed by atoms with Gasteiger partial charge in [-0.25, -0.2) is 18.4 Å². The van der Waals surface area contributed by atoms with Crippen LogP contribution in [0.25, 0.3) is 22.4 Å². The molecule has 11 heteroatoms. The summed E-state index contributed by atoms with van der Waals surface area (Å²) in [6, 6.07) is 4.58. The fraction of sp³-hybridized carbons (Fsp3) is 0.391. The number of ether oxygens (including phenoxy) is 1. The van der Waals surface area contributed by atoms with Gasteiger partial charge < -0.3 is 14.3 Å². The van der Waals surface area contributed by atoms with Gasteiger partial charge in [-0.05, 0) is 30.5 Å². The molecule has 0 bridgehead atoms. The number of nitrogens with zero attached hydrogens (tertiary/aromatic N) is 5. The number of aromatic nitrogens is 6. The van der Waals surface area contributed by atoms with Gasteiger partial charge in [0.2, 0.25) is 0 Å². The van der Waals surface area contributed by atoms with E-state index in [1.165, 1.54) is 12.1 Å². The Kier molecular flexibility index (Phi) is 6.30. The Morgan fingerprint density at radius 3 is 2.59 bits per heavy atom. The second-order valence-corrected chi connectivity index (χ2v) is 10.7. The number of nitrogens with one attached hydrogen (secondary N) is 1. The van der Waals surface area contributed by atoms with Gasteiger partial charge in [-0.2, -0.15) is 5.10 Å². The quantitative estimate of drug-likeness (QED) is 0.407. The van der Waals surface area contributed by atoms with E-state index in [1.54, 1.807) is 16.9 Å². The summed E-state index contributed by atoms with van der Waals surface area (Å²) in [5.74, 6) is 1.73. The van der Waals surface area contributed by atoms with Crippen molar-refractivity contribution >= 4 is 20.9 Å². The molecule has 0 saturated carbocycles. The Morgan fingerprint density at radius 1 is 1.21 bits per heavy atom. The number of H-pyrrole nitrogens is 1. The van der Waals surface area contributed by atoms with Crippen molar-refractivity contribution in [2.75, 3.05) is 12.9 Å². The first-order chi connectivity index (χ1) is 16.1. The van der Waals surface area contributed by atoms with Crippen LogP contribution in [0.3, 0.4) is 0 Å². The van der Waals surface area contributed by atoms with Crippen molar-refractivity contribution in [3.63, 3.8) is 0 Å². The molecule has 0 spiro atoms. The van der Waals surface area contributed by atoms with Gasteiger partial charge in [-0.15, -0.1) is 0 Å². The van der Waals surface area contributed by atoms with Crippen molar-refractivity contribution in [2.45, 2.75) is 38.6 Å². The van der Waals surface area contributed by atoms with Crippen molar-refractivity contribution in [2.24, 2.45) is 13.0 Å². The zero-order chi connectivity index (χ0) is 24.6. The minimum atomic E-state index is -3.48. The molecular weight excluding hydrogens is 456 g/mol. The first kappa shape index (κ1) is 23.7. The zero-order valence-electron chi connectivity index (χ0n) is 19.9. The Balaban J connectivity index is 1.89. The van der Waals surface area contributed by atoms with Gasteiger partial charge >= 0.3 is 0 Å². The normalized spacial score (nSPS) is 12.1. The smallest absolute Gasteiger partial charge is 0.279 e. The maximum absolute atomic E-state index is 13.0. The molecule has 0 aliphatic carbocycles. The SMILES string of the molecule is CCc1c2nc(-c3cc(S(C)(=O)=O)ccc3OCC(C)C)[nH]c(=O)c2nn1Cc1nccn1C. The first-order valence-corrected chi connectivity index (χ1v) is 12.9. The molecule has 4 rings (SSSR count). The third-order valence-corrected chi connectivity index (χ3v) is 6.56. The van der Waals surface area contributed by atoms with Crippen LogP contribution in [0.5, 0.6) is 5.75 Å². The summed E-state index contributed by atoms with van der Waals surface area (Å²) in [5, 5.41) is 4.50. The summed E-state index contributed by atoms with van der Waals surface area (Å²) >= 11 is 0. The Bertz CT molecular complexity index is 1510. The summed E-state index contributed by atoms with van der Waals surface area (Å²) < 4.78 is 34.0. The highest BCUT2D eigenvalue weighted by Crippen LogP contribution is 2.31. The van der Waals surface area contributed by atoms with Gasteiger partial charge in [-0.1, -0.05) is 20.8 Å². The molecule has 4 aromatic rings. The number of benzene rings is 1. The second kappa shape index (κ2) is 9.05. The van der Waals surface area contributed by atoms with Crippen LogP contribution in [0.15, 0.2) is 40.3 Å². The number of hydrogen-bond acceptors (Lipinski definition) is 7. The van der Waals surface area contributed by atoms with Crippen LogP contribution in [-0.2, 0) is 29.9 Å². The fourth-order valence-corrected chi connectivity index (χ4v) is 4.31. The molecule has 34 heavy (non-hydrogen) atoms. The lowest BCUT2D eigenvalue weighted by Gasteiger charge is -2.14. The second-order valence-electron chi connectivity index (χ2n) is 8.66. The molecule has 0 radical (unpaired) electrons. The largest absolute Gasteiger partial charge is 0.493 e. The monoisotopic (exact) mass is 484 g/mol. The van der Waals surface area contributed by atoms with Gasteiger partial charge in [0.25, 0.3) is 5.56 Å². The zero-order valence-corrected chi connectivity index (χ0v) is 20.7. The molecule has 0 fully saturated rings. The highest BCUT2D eigenvalue weighted by Gasteiger charge is 2.20. The van der Waals surface area contributed by atoms with Crippen LogP contribution in [0.1, 0.15) is 32.3 Å². The summed E-state index contributed by atoms with van der Waals surface area (Å²) in [4.78, 5) is 25.0. The van der Waals surface area contributed by atoms with Crippen LogP contribution < -0.4 is 10.3 Å². The molecule has 1 N–H and O–H groups in total. The van der Waals surface area contributed by atoms with E-state index >= 15 is 0 Å². The Labute approximate surface area is 197 Å². The third kappa shape index (κ3) is 4.60. The van der Waals surface area contributed by atoms with Crippen LogP contribution in [-0.4, -0.2) is 50.6 Å². The van der Waals surface area contributed by atoms with Crippen molar-refractivity contribution < 1.29 is 13.2 Å². The minimum absolute atomic E-state index is 0.114. The van der Waals surface area contributed by atoms with Gasteiger partial charge in [0.1, 0.15) is 22.9 Å². The number of imidazole rings is 1. The lowest BCUT2D eigenvalue weighted by atomic mass is 10.1. The molecule has 10 nitrogen and oxygen atoms in total. The van der Waals surface area contributed by atoms with Gasteiger partial charge in [0.05, 0.1) is 29.3 Å². The topological polar surface area (TPSA) is 125 Å². The van der Waals surface area contributed by atoms with E-state index in [1.807, 2.05) is 38.6 Å². The highest BCUT2D eigenvalue weighted by atomic mass is 32.2. The number of aromatic amines is 1. The fourth-order valence-electron chi connectivity index (χ4n) is 3.66. The van der Waals surface area contributed by atoms with Crippen LogP contribution in [0.2, 0.25) is 0 Å². The van der Waals surface area contributed by atoms with Crippen molar-refractivity contribution in [3.8, 4) is 17.1 Å². The maximum atomic E-state index is 13.0. The van der Waals surface area contributed by atoms with E-state index in [2.05, 4.69) is 15.1 Å². The van der Waals surface area contributed by atoms with Crippen molar-refractivity contribution in [1.82, 2.24) is 29.3 Å². The lowest BCUT2D eigenvalue weighted by Crippen LogP contribution is -2.12. The molecule has 0 aliphatic heterocycles. The molecule has 0 saturated heterocycles. The molecule has 180 valence electrons. The number of fused-ring (bicyclic) bond motifs is 1. The molecule has 1 aromatic carbocycles. The average Bonchev–Trinajstić information content (AvgIpc) is 3.34. The molecule has 3 heterocycles. The maximum Gasteiger partial charge on any atom is 0.279 e. The van der Waals surface area contributed by atoms with Gasteiger partial charge in [0.15, 0.2) is 15.4 Å². The Hall–Kier alpha value is -3.47. The molecule has 0 amide bonds. The van der Waals surface area contributed by atoms with Crippen LogP contribution in [0.4, 0.5) is 0 Å². The van der Waals surface area contributed by atoms with Gasteiger partial charge in [0, 0.05) is 25.7 Å². The van der Waals surface area contributed by atoms with E-state index in [-0.39, 0.29) is 22.2 Å². The summed E-state index contributed by atoms with van der Waals surface area (Å²) in [6.07, 6.45) is 5.29. The number of rotatable bonds is 8. The highest BCUT2D eigenvalue weighted by molar-refractivity contribution is 7.90. The number of sulfone groups is 1. The molecule has 0 unspecified atom stereocenters.